The molecule has 2 aromatic rings. The highest BCUT2D eigenvalue weighted by Gasteiger charge is 2.63. The molecule has 0 radical (unpaired) electrons. The molecule has 9 nitrogen and oxygen atoms in total. The van der Waals surface area contributed by atoms with Crippen LogP contribution >= 0.6 is 0 Å². The fourth-order valence-electron chi connectivity index (χ4n) is 5.41. The van der Waals surface area contributed by atoms with E-state index in [4.69, 9.17) is 4.74 Å². The molecule has 2 aliphatic rings. The number of benzene rings is 2. The minimum Gasteiger partial charge on any atom is -0.461 e. The first-order chi connectivity index (χ1) is 19.0. The second-order valence-corrected chi connectivity index (χ2v) is 11.1. The van der Waals surface area contributed by atoms with Gasteiger partial charge in [0.2, 0.25) is 11.8 Å². The summed E-state index contributed by atoms with van der Waals surface area (Å²) in [4.78, 5) is 55.5. The second kappa shape index (κ2) is 11.6. The number of carbonyl (C=O) groups is 4. The van der Waals surface area contributed by atoms with Crippen LogP contribution in [-0.4, -0.2) is 68.9 Å². The van der Waals surface area contributed by atoms with Crippen LogP contribution in [0.1, 0.15) is 58.1 Å². The van der Waals surface area contributed by atoms with Crippen molar-refractivity contribution < 1.29 is 29.0 Å². The van der Waals surface area contributed by atoms with Crippen molar-refractivity contribution in [3.8, 4) is 0 Å². The molecule has 9 heteroatoms. The Morgan fingerprint density at radius 3 is 2.17 bits per heavy atom. The molecule has 0 aromatic heterocycles. The van der Waals surface area contributed by atoms with E-state index in [0.717, 1.165) is 5.56 Å². The molecule has 1 fully saturated rings. The number of carbonyl (C=O) groups excluding carboxylic acids is 4. The van der Waals surface area contributed by atoms with Crippen molar-refractivity contribution in [1.29, 1.82) is 0 Å². The van der Waals surface area contributed by atoms with E-state index in [1.54, 1.807) is 32.2 Å². The molecule has 212 valence electrons. The van der Waals surface area contributed by atoms with Crippen molar-refractivity contribution >= 4 is 29.4 Å². The Labute approximate surface area is 234 Å². The summed E-state index contributed by atoms with van der Waals surface area (Å²) in [7, 11) is 0. The number of aliphatic hydroxyl groups is 1. The first-order valence-electron chi connectivity index (χ1n) is 13.6. The summed E-state index contributed by atoms with van der Waals surface area (Å²) in [6.45, 7) is 8.11. The number of rotatable bonds is 9. The first-order valence-corrected chi connectivity index (χ1v) is 13.6. The largest absolute Gasteiger partial charge is 0.461 e. The van der Waals surface area contributed by atoms with Crippen LogP contribution in [0.15, 0.2) is 66.9 Å². The monoisotopic (exact) mass is 547 g/mol. The standard InChI is InChI=1S/C31H37N3O6/c1-19(2)27-29(38)34(25(17-33(27)21(5)35)23-14-10-7-11-15-23)18-26(36)32-31(28(37)30(39)40-20(3)4)16-24(31)22-12-8-6-9-13-22/h6-15,17,19-20,24,27-28,37H,16,18H2,1-5H3,(H,32,36). The van der Waals surface area contributed by atoms with Gasteiger partial charge < -0.3 is 20.1 Å². The summed E-state index contributed by atoms with van der Waals surface area (Å²) in [6.07, 6.45) is -0.0857. The highest BCUT2D eigenvalue weighted by Crippen LogP contribution is 2.54. The molecule has 0 saturated heterocycles. The van der Waals surface area contributed by atoms with Gasteiger partial charge in [0.15, 0.2) is 6.10 Å². The van der Waals surface area contributed by atoms with Crippen LogP contribution in [0.5, 0.6) is 0 Å². The van der Waals surface area contributed by atoms with Crippen molar-refractivity contribution in [2.75, 3.05) is 6.54 Å². The van der Waals surface area contributed by atoms with E-state index >= 15 is 0 Å². The van der Waals surface area contributed by atoms with Gasteiger partial charge in [-0.15, -0.1) is 0 Å². The van der Waals surface area contributed by atoms with E-state index < -0.39 is 35.7 Å². The minimum atomic E-state index is -1.60. The summed E-state index contributed by atoms with van der Waals surface area (Å²) >= 11 is 0. The van der Waals surface area contributed by atoms with Gasteiger partial charge in [0, 0.05) is 19.0 Å². The quantitative estimate of drug-likeness (QED) is 0.466. The Balaban J connectivity index is 1.66. The number of hydrogen-bond donors (Lipinski definition) is 2. The summed E-state index contributed by atoms with van der Waals surface area (Å²) in [5, 5.41) is 14.0. The number of nitrogens with one attached hydrogen (secondary N) is 1. The SMILES string of the molecule is CC(=O)N1C=C(c2ccccc2)N(CC(=O)NC2(C(O)C(=O)OC(C)C)CC2c2ccccc2)C(=O)C1C(C)C. The second-order valence-electron chi connectivity index (χ2n) is 11.1. The Morgan fingerprint density at radius 1 is 1.02 bits per heavy atom. The van der Waals surface area contributed by atoms with Crippen molar-refractivity contribution in [3.63, 3.8) is 0 Å². The van der Waals surface area contributed by atoms with Gasteiger partial charge in [-0.25, -0.2) is 4.79 Å². The minimum absolute atomic E-state index is 0.208. The Hall–Kier alpha value is -3.98. The zero-order valence-electron chi connectivity index (χ0n) is 23.5. The molecule has 0 spiro atoms. The van der Waals surface area contributed by atoms with Gasteiger partial charge in [0.05, 0.1) is 17.3 Å². The average molecular weight is 548 g/mol. The number of nitrogens with zero attached hydrogens (tertiary/aromatic N) is 2. The summed E-state index contributed by atoms with van der Waals surface area (Å²) in [5.41, 5.74) is 0.677. The Bertz CT molecular complexity index is 1290. The topological polar surface area (TPSA) is 116 Å². The van der Waals surface area contributed by atoms with E-state index in [9.17, 15) is 24.3 Å². The normalized spacial score (nSPS) is 23.1. The molecule has 2 aromatic carbocycles. The molecular weight excluding hydrogens is 510 g/mol. The smallest absolute Gasteiger partial charge is 0.337 e. The lowest BCUT2D eigenvalue weighted by Gasteiger charge is -2.40. The molecule has 4 rings (SSSR count). The fraction of sp³-hybridized carbons (Fsp3) is 0.419. The van der Waals surface area contributed by atoms with Gasteiger partial charge in [-0.2, -0.15) is 0 Å². The molecule has 40 heavy (non-hydrogen) atoms. The van der Waals surface area contributed by atoms with Gasteiger partial charge in [0.25, 0.3) is 5.91 Å². The molecule has 4 atom stereocenters. The summed E-state index contributed by atoms with van der Waals surface area (Å²) < 4.78 is 5.27. The van der Waals surface area contributed by atoms with Crippen LogP contribution in [0, 0.1) is 5.92 Å². The van der Waals surface area contributed by atoms with Gasteiger partial charge in [0.1, 0.15) is 12.6 Å². The molecule has 4 unspecified atom stereocenters. The number of ether oxygens (including phenoxy) is 1. The first kappa shape index (κ1) is 29.0. The third-order valence-electron chi connectivity index (χ3n) is 7.38. The number of hydrogen-bond acceptors (Lipinski definition) is 6. The van der Waals surface area contributed by atoms with Crippen molar-refractivity contribution in [2.24, 2.45) is 5.92 Å². The molecule has 2 N–H and O–H groups in total. The van der Waals surface area contributed by atoms with Crippen LogP contribution in [0.4, 0.5) is 0 Å². The highest BCUT2D eigenvalue weighted by atomic mass is 16.6. The van der Waals surface area contributed by atoms with E-state index in [2.05, 4.69) is 5.32 Å². The lowest BCUT2D eigenvalue weighted by atomic mass is 9.97. The zero-order chi connectivity index (χ0) is 29.2. The Morgan fingerprint density at radius 2 is 1.62 bits per heavy atom. The number of esters is 1. The molecule has 1 aliphatic heterocycles. The maximum Gasteiger partial charge on any atom is 0.337 e. The predicted octanol–water partition coefficient (Wildman–Crippen LogP) is 3.06. The van der Waals surface area contributed by atoms with Gasteiger partial charge in [-0.3, -0.25) is 19.3 Å². The highest BCUT2D eigenvalue weighted by molar-refractivity contribution is 5.99. The maximum atomic E-state index is 13.8. The van der Waals surface area contributed by atoms with Crippen LogP contribution in [0.3, 0.4) is 0 Å². The van der Waals surface area contributed by atoms with E-state index in [1.807, 2.05) is 62.4 Å². The number of aliphatic hydroxyl groups excluding tert-OH is 1. The van der Waals surface area contributed by atoms with E-state index in [-0.39, 0.29) is 30.2 Å². The molecule has 1 saturated carbocycles. The van der Waals surface area contributed by atoms with Crippen molar-refractivity contribution in [3.05, 3.63) is 78.0 Å². The zero-order valence-corrected chi connectivity index (χ0v) is 23.5. The van der Waals surface area contributed by atoms with E-state index in [0.29, 0.717) is 17.7 Å². The third-order valence-corrected chi connectivity index (χ3v) is 7.38. The van der Waals surface area contributed by atoms with Crippen LogP contribution in [0.2, 0.25) is 0 Å². The molecule has 1 heterocycles. The molecule has 1 aliphatic carbocycles. The average Bonchev–Trinajstić information content (AvgIpc) is 3.64. The van der Waals surface area contributed by atoms with Crippen molar-refractivity contribution in [1.82, 2.24) is 15.1 Å². The maximum absolute atomic E-state index is 13.8. The summed E-state index contributed by atoms with van der Waals surface area (Å²) in [5.74, 6) is -2.54. The fourth-order valence-corrected chi connectivity index (χ4v) is 5.41. The Kier molecular flexibility index (Phi) is 8.44. The molecule has 3 amide bonds. The lowest BCUT2D eigenvalue weighted by molar-refractivity contribution is -0.160. The van der Waals surface area contributed by atoms with Gasteiger partial charge >= 0.3 is 5.97 Å². The van der Waals surface area contributed by atoms with Gasteiger partial charge in [-0.05, 0) is 37.3 Å². The van der Waals surface area contributed by atoms with Gasteiger partial charge in [-0.1, -0.05) is 74.5 Å². The third kappa shape index (κ3) is 5.79. The van der Waals surface area contributed by atoms with E-state index in [1.165, 1.54) is 16.7 Å². The van der Waals surface area contributed by atoms with Crippen LogP contribution < -0.4 is 5.32 Å². The van der Waals surface area contributed by atoms with Crippen LogP contribution in [0.25, 0.3) is 5.70 Å². The predicted molar refractivity (Wildman–Crippen MR) is 149 cm³/mol. The van der Waals surface area contributed by atoms with Crippen molar-refractivity contribution in [2.45, 2.75) is 70.7 Å². The lowest BCUT2D eigenvalue weighted by Crippen LogP contribution is -2.58. The molecular formula is C31H37N3O6. The number of amides is 3. The van der Waals surface area contributed by atoms with Crippen LogP contribution in [-0.2, 0) is 23.9 Å². The summed E-state index contributed by atoms with van der Waals surface area (Å²) in [6, 6.07) is 17.6. The molecule has 0 bridgehead atoms.